The van der Waals surface area contributed by atoms with Crippen LogP contribution in [-0.2, 0) is 28.9 Å². The molecule has 0 saturated heterocycles. The maximum Gasteiger partial charge on any atom is 0.306 e. The molecule has 2 aromatic carbocycles. The summed E-state index contributed by atoms with van der Waals surface area (Å²) in [4.78, 5) is 29.7. The van der Waals surface area contributed by atoms with E-state index in [0.29, 0.717) is 51.9 Å². The molecule has 4 rings (SSSR count). The van der Waals surface area contributed by atoms with Crippen LogP contribution in [0.25, 0.3) is 11.5 Å². The number of nitrogens with zero attached hydrogens (tertiary/aromatic N) is 1. The Kier molecular flexibility index (Phi) is 10.8. The lowest BCUT2D eigenvalue weighted by Crippen LogP contribution is -2.24. The predicted octanol–water partition coefficient (Wildman–Crippen LogP) is 7.89. The third kappa shape index (κ3) is 9.16. The molecule has 0 bridgehead atoms. The number of nitrogens with one attached hydrogen (secondary N) is 1. The van der Waals surface area contributed by atoms with E-state index >= 15 is 0 Å². The van der Waals surface area contributed by atoms with Gasteiger partial charge in [0.15, 0.2) is 5.78 Å². The lowest BCUT2D eigenvalue weighted by Gasteiger charge is -2.20. The zero-order valence-electron chi connectivity index (χ0n) is 24.1. The molecule has 0 aliphatic heterocycles. The van der Waals surface area contributed by atoms with Crippen molar-refractivity contribution in [2.24, 2.45) is 0 Å². The Morgan fingerprint density at radius 1 is 1.02 bits per heavy atom. The number of esters is 1. The molecule has 2 aromatic heterocycles. The first-order chi connectivity index (χ1) is 20.0. The number of benzene rings is 2. The predicted molar refractivity (Wildman–Crippen MR) is 167 cm³/mol. The van der Waals surface area contributed by atoms with Gasteiger partial charge in [0.25, 0.3) is 0 Å². The third-order valence-corrected chi connectivity index (χ3v) is 7.76. The highest BCUT2D eigenvalue weighted by atomic mass is 35.5. The van der Waals surface area contributed by atoms with Crippen LogP contribution in [0.5, 0.6) is 5.75 Å². The van der Waals surface area contributed by atoms with E-state index in [0.717, 1.165) is 39.5 Å². The SMILES string of the molecule is Cc1oc(-c2ccccc2)nc1CCOc1ccc(CCC(=O)OC(C)(C)C)c(CNCC(=O)c2cc(Cl)sc2Cl)c1. The number of halogens is 2. The fraction of sp³-hybridized carbons (Fsp3) is 0.344. The number of Topliss-reactive ketones (excluding diaryl/α,β-unsaturated/α-hetero) is 1. The summed E-state index contributed by atoms with van der Waals surface area (Å²) >= 11 is 13.3. The summed E-state index contributed by atoms with van der Waals surface area (Å²) < 4.78 is 18.3. The summed E-state index contributed by atoms with van der Waals surface area (Å²) in [6.07, 6.45) is 1.31. The Labute approximate surface area is 260 Å². The first-order valence-corrected chi connectivity index (χ1v) is 15.2. The van der Waals surface area contributed by atoms with Gasteiger partial charge >= 0.3 is 5.97 Å². The lowest BCUT2D eigenvalue weighted by atomic mass is 10.0. The van der Waals surface area contributed by atoms with Crippen molar-refractivity contribution in [3.05, 3.63) is 91.4 Å². The van der Waals surface area contributed by atoms with E-state index in [1.54, 1.807) is 6.07 Å². The van der Waals surface area contributed by atoms with Crippen LogP contribution in [0.15, 0.2) is 59.0 Å². The molecule has 42 heavy (non-hydrogen) atoms. The molecular weight excluding hydrogens is 595 g/mol. The van der Waals surface area contributed by atoms with Crippen LogP contribution in [0.1, 0.15) is 60.1 Å². The summed E-state index contributed by atoms with van der Waals surface area (Å²) in [7, 11) is 0. The zero-order valence-corrected chi connectivity index (χ0v) is 26.4. The highest BCUT2D eigenvalue weighted by molar-refractivity contribution is 7.20. The Hall–Kier alpha value is -3.17. The molecule has 0 aliphatic rings. The topological polar surface area (TPSA) is 90.7 Å². The summed E-state index contributed by atoms with van der Waals surface area (Å²) in [6, 6.07) is 17.1. The van der Waals surface area contributed by atoms with Gasteiger partial charge in [-0.15, -0.1) is 11.3 Å². The van der Waals surface area contributed by atoms with E-state index in [-0.39, 0.29) is 24.7 Å². The van der Waals surface area contributed by atoms with Crippen LogP contribution in [0.3, 0.4) is 0 Å². The molecule has 0 saturated carbocycles. The van der Waals surface area contributed by atoms with E-state index in [1.165, 1.54) is 0 Å². The van der Waals surface area contributed by atoms with Gasteiger partial charge in [0, 0.05) is 24.9 Å². The van der Waals surface area contributed by atoms with E-state index in [1.807, 2.05) is 76.2 Å². The molecule has 1 N–H and O–H groups in total. The van der Waals surface area contributed by atoms with Crippen molar-refractivity contribution in [2.45, 2.75) is 59.1 Å². The maximum atomic E-state index is 12.7. The van der Waals surface area contributed by atoms with Crippen molar-refractivity contribution in [1.29, 1.82) is 0 Å². The van der Waals surface area contributed by atoms with Crippen LogP contribution in [0.2, 0.25) is 8.67 Å². The first-order valence-electron chi connectivity index (χ1n) is 13.7. The van der Waals surface area contributed by atoms with Crippen molar-refractivity contribution >= 4 is 46.3 Å². The maximum absolute atomic E-state index is 12.7. The zero-order chi connectivity index (χ0) is 30.3. The standard InChI is InChI=1S/C32H34Cl2N2O5S/c1-20-26(36-31(40-20)22-8-6-5-7-9-22)14-15-39-24-12-10-21(11-13-29(38)41-32(2,3)4)23(16-24)18-35-19-27(37)25-17-28(33)42-30(25)34/h5-10,12,16-17,35H,11,13-15,18-19H2,1-4H3. The number of aryl methyl sites for hydroxylation is 2. The van der Waals surface area contributed by atoms with Crippen molar-refractivity contribution < 1.29 is 23.5 Å². The van der Waals surface area contributed by atoms with Crippen LogP contribution < -0.4 is 10.1 Å². The van der Waals surface area contributed by atoms with Gasteiger partial charge < -0.3 is 19.2 Å². The highest BCUT2D eigenvalue weighted by Crippen LogP contribution is 2.31. The fourth-order valence-corrected chi connectivity index (χ4v) is 5.79. The number of carbonyl (C=O) groups is 2. The normalized spacial score (nSPS) is 11.5. The Morgan fingerprint density at radius 2 is 1.79 bits per heavy atom. The van der Waals surface area contributed by atoms with E-state index in [4.69, 9.17) is 37.1 Å². The fourth-order valence-electron chi connectivity index (χ4n) is 4.30. The van der Waals surface area contributed by atoms with Gasteiger partial charge in [-0.25, -0.2) is 4.98 Å². The van der Waals surface area contributed by atoms with Crippen molar-refractivity contribution in [1.82, 2.24) is 10.3 Å². The van der Waals surface area contributed by atoms with Crippen molar-refractivity contribution in [3.8, 4) is 17.2 Å². The summed E-state index contributed by atoms with van der Waals surface area (Å²) in [5, 5.41) is 3.20. The number of ketones is 1. The monoisotopic (exact) mass is 628 g/mol. The van der Waals surface area contributed by atoms with Gasteiger partial charge in [0.05, 0.1) is 28.7 Å². The number of hydrogen-bond donors (Lipinski definition) is 1. The molecule has 2 heterocycles. The lowest BCUT2D eigenvalue weighted by molar-refractivity contribution is -0.154. The molecule has 7 nitrogen and oxygen atoms in total. The molecule has 0 unspecified atom stereocenters. The second-order valence-corrected chi connectivity index (χ2v) is 13.1. The van der Waals surface area contributed by atoms with Crippen molar-refractivity contribution in [3.63, 3.8) is 0 Å². The number of carbonyl (C=O) groups excluding carboxylic acids is 2. The molecule has 222 valence electrons. The Bertz CT molecular complexity index is 1530. The molecule has 0 radical (unpaired) electrons. The average Bonchev–Trinajstić information content (AvgIpc) is 3.48. The number of oxazole rings is 1. The minimum atomic E-state index is -0.546. The largest absolute Gasteiger partial charge is 0.493 e. The van der Waals surface area contributed by atoms with Gasteiger partial charge in [-0.1, -0.05) is 47.5 Å². The number of thiophene rings is 1. The molecule has 0 aliphatic carbocycles. The Morgan fingerprint density at radius 3 is 2.48 bits per heavy atom. The highest BCUT2D eigenvalue weighted by Gasteiger charge is 2.18. The third-order valence-electron chi connectivity index (χ3n) is 6.28. The molecule has 4 aromatic rings. The van der Waals surface area contributed by atoms with Crippen LogP contribution >= 0.6 is 34.5 Å². The quantitative estimate of drug-likeness (QED) is 0.119. The molecule has 10 heteroatoms. The molecule has 0 fully saturated rings. The van der Waals surface area contributed by atoms with Gasteiger partial charge in [-0.3, -0.25) is 9.59 Å². The molecular formula is C32H34Cl2N2O5S. The second-order valence-electron chi connectivity index (χ2n) is 10.8. The number of rotatable bonds is 13. The van der Waals surface area contributed by atoms with Crippen molar-refractivity contribution in [2.75, 3.05) is 13.2 Å². The smallest absolute Gasteiger partial charge is 0.306 e. The number of hydrogen-bond acceptors (Lipinski definition) is 8. The first kappa shape index (κ1) is 31.8. The van der Waals surface area contributed by atoms with Gasteiger partial charge in [-0.2, -0.15) is 0 Å². The van der Waals surface area contributed by atoms with Crippen LogP contribution in [-0.4, -0.2) is 35.5 Å². The van der Waals surface area contributed by atoms with Crippen LogP contribution in [0.4, 0.5) is 0 Å². The van der Waals surface area contributed by atoms with Gasteiger partial charge in [0.1, 0.15) is 21.4 Å². The Balaban J connectivity index is 1.41. The average molecular weight is 630 g/mol. The second kappa shape index (κ2) is 14.3. The summed E-state index contributed by atoms with van der Waals surface area (Å²) in [5.41, 5.74) is 3.51. The van der Waals surface area contributed by atoms with E-state index in [2.05, 4.69) is 10.3 Å². The summed E-state index contributed by atoms with van der Waals surface area (Å²) in [5.74, 6) is 1.61. The van der Waals surface area contributed by atoms with Crippen LogP contribution in [0, 0.1) is 6.92 Å². The van der Waals surface area contributed by atoms with Gasteiger partial charge in [-0.05, 0) is 75.6 Å². The minimum absolute atomic E-state index is 0.0819. The van der Waals surface area contributed by atoms with E-state index < -0.39 is 5.60 Å². The number of aromatic nitrogens is 1. The molecule has 0 amide bonds. The van der Waals surface area contributed by atoms with E-state index in [9.17, 15) is 9.59 Å². The minimum Gasteiger partial charge on any atom is -0.493 e. The number of ether oxygens (including phenoxy) is 2. The molecule has 0 atom stereocenters. The molecule has 0 spiro atoms. The van der Waals surface area contributed by atoms with Gasteiger partial charge in [0.2, 0.25) is 5.89 Å². The summed E-state index contributed by atoms with van der Waals surface area (Å²) in [6.45, 7) is 8.32.